The third-order valence-corrected chi connectivity index (χ3v) is 2.42. The van der Waals surface area contributed by atoms with E-state index in [1.54, 1.807) is 6.92 Å². The average Bonchev–Trinajstić information content (AvgIpc) is 3.26. The second-order valence-electron chi connectivity index (χ2n) is 4.55. The molecule has 116 valence electrons. The smallest absolute Gasteiger partial charge is 0.104 e. The lowest BCUT2D eigenvalue weighted by Crippen LogP contribution is -2.06. The molecule has 2 fully saturated rings. The minimum Gasteiger partial charge on any atom is -0.397 e. The molecule has 2 rings (SSSR count). The molecule has 0 saturated carbocycles. The Kier molecular flexibility index (Phi) is 14.1. The van der Waals surface area contributed by atoms with Crippen LogP contribution in [0.3, 0.4) is 0 Å². The van der Waals surface area contributed by atoms with E-state index in [0.29, 0.717) is 18.8 Å². The van der Waals surface area contributed by atoms with E-state index in [-0.39, 0.29) is 6.61 Å². The molecule has 0 aromatic heterocycles. The van der Waals surface area contributed by atoms with E-state index in [9.17, 15) is 0 Å². The van der Waals surface area contributed by atoms with Crippen LogP contribution in [0.2, 0.25) is 0 Å². The van der Waals surface area contributed by atoms with Gasteiger partial charge in [-0.25, -0.2) is 0 Å². The van der Waals surface area contributed by atoms with Crippen LogP contribution in [0, 0.1) is 0 Å². The largest absolute Gasteiger partial charge is 0.397 e. The summed E-state index contributed by atoms with van der Waals surface area (Å²) in [5, 5.41) is 15.9. The van der Waals surface area contributed by atoms with Crippen molar-refractivity contribution in [2.24, 2.45) is 0 Å². The second-order valence-corrected chi connectivity index (χ2v) is 4.55. The second kappa shape index (κ2) is 14.2. The van der Waals surface area contributed by atoms with Crippen molar-refractivity contribution in [1.29, 1.82) is 0 Å². The number of rotatable bonds is 8. The summed E-state index contributed by atoms with van der Waals surface area (Å²) in [6, 6.07) is 0. The van der Waals surface area contributed by atoms with Gasteiger partial charge in [0.05, 0.1) is 26.4 Å². The van der Waals surface area contributed by atoms with Crippen molar-refractivity contribution < 1.29 is 24.4 Å². The lowest BCUT2D eigenvalue weighted by atomic mass is 10.2. The molecule has 0 aliphatic carbocycles. The van der Waals surface area contributed by atoms with Crippen molar-refractivity contribution in [2.75, 3.05) is 39.6 Å². The minimum atomic E-state index is 0.250. The number of aliphatic hydroxyl groups excluding tert-OH is 2. The number of ether oxygens (including phenoxy) is 3. The Morgan fingerprint density at radius 2 is 1.42 bits per heavy atom. The van der Waals surface area contributed by atoms with Crippen LogP contribution < -0.4 is 0 Å². The van der Waals surface area contributed by atoms with Gasteiger partial charge in [-0.2, -0.15) is 0 Å². The molecule has 2 heterocycles. The Balaban J connectivity index is 0.000000292. The zero-order chi connectivity index (χ0) is 14.3. The molecule has 0 amide bonds. The highest BCUT2D eigenvalue weighted by Gasteiger charge is 2.26. The maximum atomic E-state index is 8.29. The first kappa shape index (κ1) is 18.8. The number of hydrogen-bond acceptors (Lipinski definition) is 5. The molecule has 5 nitrogen and oxygen atoms in total. The van der Waals surface area contributed by atoms with Gasteiger partial charge in [0.25, 0.3) is 0 Å². The van der Waals surface area contributed by atoms with E-state index in [2.05, 4.69) is 6.92 Å². The number of epoxide rings is 2. The van der Waals surface area contributed by atoms with Crippen LogP contribution in [0.4, 0.5) is 0 Å². The molecule has 5 heteroatoms. The molecular formula is C14H30O5. The Morgan fingerprint density at radius 3 is 1.74 bits per heavy atom. The van der Waals surface area contributed by atoms with Crippen LogP contribution in [-0.4, -0.2) is 62.1 Å². The van der Waals surface area contributed by atoms with Crippen LogP contribution in [0.25, 0.3) is 0 Å². The lowest BCUT2D eigenvalue weighted by molar-refractivity contribution is 0.102. The van der Waals surface area contributed by atoms with Crippen LogP contribution in [-0.2, 0) is 14.2 Å². The zero-order valence-electron chi connectivity index (χ0n) is 12.3. The number of aliphatic hydroxyl groups is 2. The first-order valence-corrected chi connectivity index (χ1v) is 7.31. The van der Waals surface area contributed by atoms with Crippen LogP contribution >= 0.6 is 0 Å². The molecule has 0 aromatic carbocycles. The summed E-state index contributed by atoms with van der Waals surface area (Å²) in [4.78, 5) is 0. The van der Waals surface area contributed by atoms with Crippen molar-refractivity contribution in [1.82, 2.24) is 0 Å². The third-order valence-electron chi connectivity index (χ3n) is 2.42. The van der Waals surface area contributed by atoms with Gasteiger partial charge in [0.2, 0.25) is 0 Å². The first-order chi connectivity index (χ1) is 9.28. The van der Waals surface area contributed by atoms with Gasteiger partial charge in [0.15, 0.2) is 0 Å². The summed E-state index contributed by atoms with van der Waals surface area (Å²) < 4.78 is 15.1. The SMILES string of the molecule is C(OCC1CO1)C1CO1.CCCCCCO.CCO. The van der Waals surface area contributed by atoms with Crippen molar-refractivity contribution in [3.8, 4) is 0 Å². The van der Waals surface area contributed by atoms with Gasteiger partial charge in [-0.3, -0.25) is 0 Å². The molecule has 2 atom stereocenters. The molecule has 0 radical (unpaired) electrons. The zero-order valence-corrected chi connectivity index (χ0v) is 12.3. The molecule has 2 saturated heterocycles. The molecule has 2 aliphatic heterocycles. The van der Waals surface area contributed by atoms with Crippen molar-refractivity contribution in [2.45, 2.75) is 51.7 Å². The summed E-state index contributed by atoms with van der Waals surface area (Å²) in [6.45, 7) is 7.72. The highest BCUT2D eigenvalue weighted by atomic mass is 16.6. The predicted molar refractivity (Wildman–Crippen MR) is 74.3 cm³/mol. The standard InChI is InChI=1S/C6H10O3.C6H14O.C2H6O/c1(5-3-8-5)7-2-6-4-9-6;1-2-3-4-5-6-7;1-2-3/h5-6H,1-4H2;7H,2-6H2,1H3;3H,2H2,1H3. The molecule has 2 N–H and O–H groups in total. The topological polar surface area (TPSA) is 74.8 Å². The summed E-state index contributed by atoms with van der Waals surface area (Å²) in [7, 11) is 0. The van der Waals surface area contributed by atoms with Crippen LogP contribution in [0.5, 0.6) is 0 Å². The van der Waals surface area contributed by atoms with Gasteiger partial charge < -0.3 is 24.4 Å². The van der Waals surface area contributed by atoms with E-state index < -0.39 is 0 Å². The van der Waals surface area contributed by atoms with Gasteiger partial charge in [0.1, 0.15) is 12.2 Å². The highest BCUT2D eigenvalue weighted by molar-refractivity contribution is 4.71. The Morgan fingerprint density at radius 1 is 0.947 bits per heavy atom. The minimum absolute atomic E-state index is 0.250. The quantitative estimate of drug-likeness (QED) is 0.518. The van der Waals surface area contributed by atoms with Crippen molar-refractivity contribution in [3.63, 3.8) is 0 Å². The Labute approximate surface area is 116 Å². The molecular weight excluding hydrogens is 248 g/mol. The number of hydrogen-bond donors (Lipinski definition) is 2. The molecule has 19 heavy (non-hydrogen) atoms. The molecule has 2 aliphatic rings. The van der Waals surface area contributed by atoms with E-state index in [4.69, 9.17) is 24.4 Å². The summed E-state index contributed by atoms with van der Waals surface area (Å²) in [5.74, 6) is 0. The monoisotopic (exact) mass is 278 g/mol. The molecule has 0 aromatic rings. The van der Waals surface area contributed by atoms with Crippen LogP contribution in [0.1, 0.15) is 39.5 Å². The van der Waals surface area contributed by atoms with Gasteiger partial charge >= 0.3 is 0 Å². The molecule has 2 unspecified atom stereocenters. The van der Waals surface area contributed by atoms with Crippen molar-refractivity contribution in [3.05, 3.63) is 0 Å². The highest BCUT2D eigenvalue weighted by Crippen LogP contribution is 2.12. The third kappa shape index (κ3) is 17.8. The average molecular weight is 278 g/mol. The first-order valence-electron chi connectivity index (χ1n) is 7.31. The maximum absolute atomic E-state index is 8.29. The van der Waals surface area contributed by atoms with Gasteiger partial charge in [-0.15, -0.1) is 0 Å². The maximum Gasteiger partial charge on any atom is 0.104 e. The van der Waals surface area contributed by atoms with E-state index in [1.807, 2.05) is 0 Å². The normalized spacial score (nSPS) is 22.7. The van der Waals surface area contributed by atoms with Gasteiger partial charge in [0, 0.05) is 13.2 Å². The van der Waals surface area contributed by atoms with E-state index in [0.717, 1.165) is 32.8 Å². The van der Waals surface area contributed by atoms with Gasteiger partial charge in [-0.1, -0.05) is 26.2 Å². The van der Waals surface area contributed by atoms with Crippen LogP contribution in [0.15, 0.2) is 0 Å². The fraction of sp³-hybridized carbons (Fsp3) is 1.00. The predicted octanol–water partition coefficient (Wildman–Crippen LogP) is 1.36. The lowest BCUT2D eigenvalue weighted by Gasteiger charge is -1.95. The fourth-order valence-electron chi connectivity index (χ4n) is 1.20. The Bertz CT molecular complexity index is 153. The fourth-order valence-corrected chi connectivity index (χ4v) is 1.20. The molecule has 0 spiro atoms. The van der Waals surface area contributed by atoms with Crippen molar-refractivity contribution >= 4 is 0 Å². The van der Waals surface area contributed by atoms with Gasteiger partial charge in [-0.05, 0) is 13.3 Å². The van der Waals surface area contributed by atoms with E-state index in [1.165, 1.54) is 19.3 Å². The van der Waals surface area contributed by atoms with E-state index >= 15 is 0 Å². The summed E-state index contributed by atoms with van der Waals surface area (Å²) in [5.41, 5.74) is 0. The molecule has 0 bridgehead atoms. The summed E-state index contributed by atoms with van der Waals surface area (Å²) >= 11 is 0. The number of unbranched alkanes of at least 4 members (excludes halogenated alkanes) is 3. The summed E-state index contributed by atoms with van der Waals surface area (Å²) in [6.07, 6.45) is 5.47. The Hall–Kier alpha value is -0.200.